The van der Waals surface area contributed by atoms with Crippen molar-refractivity contribution in [3.63, 3.8) is 0 Å². The molecule has 2 aromatic carbocycles. The number of sulfonamides is 1. The van der Waals surface area contributed by atoms with Gasteiger partial charge in [0.15, 0.2) is 0 Å². The van der Waals surface area contributed by atoms with Crippen molar-refractivity contribution in [2.24, 2.45) is 0 Å². The van der Waals surface area contributed by atoms with Gasteiger partial charge in [0.25, 0.3) is 10.0 Å². The average Bonchev–Trinajstić information content (AvgIpc) is 2.82. The number of nitrogens with zero attached hydrogens (tertiary/aromatic N) is 2. The van der Waals surface area contributed by atoms with Gasteiger partial charge in [0.1, 0.15) is 18.0 Å². The number of amides is 1. The van der Waals surface area contributed by atoms with Crippen LogP contribution in [-0.4, -0.2) is 40.1 Å². The van der Waals surface area contributed by atoms with Crippen LogP contribution < -0.4 is 19.1 Å². The van der Waals surface area contributed by atoms with Gasteiger partial charge in [-0.25, -0.2) is 8.42 Å². The van der Waals surface area contributed by atoms with E-state index in [9.17, 15) is 26.4 Å². The minimum absolute atomic E-state index is 0.00282. The van der Waals surface area contributed by atoms with Gasteiger partial charge in [-0.3, -0.25) is 14.1 Å². The summed E-state index contributed by atoms with van der Waals surface area (Å²) in [4.78, 5) is 15.6. The summed E-state index contributed by atoms with van der Waals surface area (Å²) in [5.74, 6) is -0.609. The highest BCUT2D eigenvalue weighted by atomic mass is 32.2. The molecule has 0 fully saturated rings. The third kappa shape index (κ3) is 5.39. The number of alkyl halides is 3. The Kier molecular flexibility index (Phi) is 7.30. The van der Waals surface area contributed by atoms with Crippen molar-refractivity contribution in [2.75, 3.05) is 30.4 Å². The van der Waals surface area contributed by atoms with Crippen LogP contribution in [0.25, 0.3) is 0 Å². The maximum absolute atomic E-state index is 13.6. The van der Waals surface area contributed by atoms with Crippen molar-refractivity contribution in [1.29, 1.82) is 0 Å². The minimum atomic E-state index is -4.95. The van der Waals surface area contributed by atoms with Crippen LogP contribution >= 0.6 is 0 Å². The van der Waals surface area contributed by atoms with E-state index < -0.39 is 39.1 Å². The Labute approximate surface area is 194 Å². The number of pyridine rings is 1. The molecule has 3 aromatic rings. The average molecular weight is 495 g/mol. The van der Waals surface area contributed by atoms with Crippen molar-refractivity contribution < 1.29 is 35.9 Å². The fourth-order valence-corrected chi connectivity index (χ4v) is 4.74. The molecule has 1 amide bonds. The molecule has 180 valence electrons. The summed E-state index contributed by atoms with van der Waals surface area (Å²) in [6, 6.07) is 10.9. The van der Waals surface area contributed by atoms with Gasteiger partial charge >= 0.3 is 6.18 Å². The number of benzene rings is 2. The summed E-state index contributed by atoms with van der Waals surface area (Å²) >= 11 is 0. The Hall–Kier alpha value is -3.80. The zero-order valence-corrected chi connectivity index (χ0v) is 18.9. The van der Waals surface area contributed by atoms with E-state index in [0.717, 1.165) is 12.1 Å². The molecule has 0 saturated carbocycles. The predicted molar refractivity (Wildman–Crippen MR) is 118 cm³/mol. The molecule has 1 heterocycles. The molecule has 0 unspecified atom stereocenters. The summed E-state index contributed by atoms with van der Waals surface area (Å²) in [7, 11) is -2.32. The lowest BCUT2D eigenvalue weighted by Gasteiger charge is -2.27. The molecule has 0 aliphatic rings. The smallest absolute Gasteiger partial charge is 0.417 e. The molecule has 0 saturated heterocycles. The van der Waals surface area contributed by atoms with Gasteiger partial charge in [0.05, 0.1) is 42.3 Å². The summed E-state index contributed by atoms with van der Waals surface area (Å²) in [6.45, 7) is -0.854. The molecular formula is C22H20F3N3O5S. The first-order valence-electron chi connectivity index (χ1n) is 9.69. The molecule has 0 spiro atoms. The molecule has 1 N–H and O–H groups in total. The van der Waals surface area contributed by atoms with E-state index in [1.54, 1.807) is 6.07 Å². The van der Waals surface area contributed by atoms with Crippen LogP contribution in [0.5, 0.6) is 11.5 Å². The maximum Gasteiger partial charge on any atom is 0.417 e. The second-order valence-electron chi connectivity index (χ2n) is 6.83. The van der Waals surface area contributed by atoms with Crippen molar-refractivity contribution in [3.05, 3.63) is 72.6 Å². The number of methoxy groups -OCH3 is 2. The van der Waals surface area contributed by atoms with Crippen LogP contribution in [0.1, 0.15) is 5.56 Å². The first-order chi connectivity index (χ1) is 16.1. The van der Waals surface area contributed by atoms with Crippen LogP contribution in [-0.2, 0) is 21.0 Å². The lowest BCUT2D eigenvalue weighted by molar-refractivity contribution is -0.139. The number of anilines is 2. The standard InChI is InChI=1S/C22H20F3N3O5S/c1-32-16-9-10-19(33-2)18(12-16)28(14-21(29)27-15-6-5-11-26-13-15)34(30,31)20-8-4-3-7-17(20)22(23,24)25/h3-13H,14H2,1-2H3,(H,27,29). The van der Waals surface area contributed by atoms with Gasteiger partial charge in [-0.2, -0.15) is 13.2 Å². The van der Waals surface area contributed by atoms with Gasteiger partial charge in [0.2, 0.25) is 5.91 Å². The molecule has 8 nitrogen and oxygen atoms in total. The highest BCUT2D eigenvalue weighted by Crippen LogP contribution is 2.39. The zero-order valence-electron chi connectivity index (χ0n) is 18.0. The number of halogens is 3. The molecule has 3 rings (SSSR count). The summed E-state index contributed by atoms with van der Waals surface area (Å²) in [5, 5.41) is 2.47. The Morgan fingerprint density at radius 2 is 1.79 bits per heavy atom. The van der Waals surface area contributed by atoms with Gasteiger partial charge in [0, 0.05) is 12.3 Å². The summed E-state index contributed by atoms with van der Waals surface area (Å²) < 4.78 is 79.0. The number of ether oxygens (including phenoxy) is 2. The van der Waals surface area contributed by atoms with Gasteiger partial charge in [-0.15, -0.1) is 0 Å². The highest BCUT2D eigenvalue weighted by molar-refractivity contribution is 7.93. The topological polar surface area (TPSA) is 97.8 Å². The summed E-state index contributed by atoms with van der Waals surface area (Å²) in [6.07, 6.45) is -2.14. The van der Waals surface area contributed by atoms with Crippen LogP contribution in [0.4, 0.5) is 24.5 Å². The lowest BCUT2D eigenvalue weighted by Crippen LogP contribution is -2.39. The molecule has 0 aliphatic carbocycles. The van der Waals surface area contributed by atoms with Crippen molar-refractivity contribution >= 4 is 27.3 Å². The van der Waals surface area contributed by atoms with Crippen molar-refractivity contribution in [1.82, 2.24) is 4.98 Å². The zero-order chi connectivity index (χ0) is 24.9. The first-order valence-corrected chi connectivity index (χ1v) is 11.1. The largest absolute Gasteiger partial charge is 0.497 e. The fraction of sp³-hybridized carbons (Fsp3) is 0.182. The van der Waals surface area contributed by atoms with E-state index in [-0.39, 0.29) is 22.9 Å². The van der Waals surface area contributed by atoms with Crippen LogP contribution in [0.2, 0.25) is 0 Å². The highest BCUT2D eigenvalue weighted by Gasteiger charge is 2.40. The van der Waals surface area contributed by atoms with Gasteiger partial charge < -0.3 is 14.8 Å². The Morgan fingerprint density at radius 3 is 2.41 bits per heavy atom. The van der Waals surface area contributed by atoms with Crippen LogP contribution in [0, 0.1) is 0 Å². The van der Waals surface area contributed by atoms with Crippen molar-refractivity contribution in [2.45, 2.75) is 11.1 Å². The first kappa shape index (κ1) is 24.8. The number of aromatic nitrogens is 1. The SMILES string of the molecule is COc1ccc(OC)c(N(CC(=O)Nc2cccnc2)S(=O)(=O)c2ccccc2C(F)(F)F)c1. The second-order valence-corrected chi connectivity index (χ2v) is 8.66. The third-order valence-electron chi connectivity index (χ3n) is 4.65. The van der Waals surface area contributed by atoms with Gasteiger partial charge in [-0.05, 0) is 36.4 Å². The second kappa shape index (κ2) is 10.00. The molecule has 0 bridgehead atoms. The van der Waals surface area contributed by atoms with Crippen LogP contribution in [0.15, 0.2) is 71.9 Å². The van der Waals surface area contributed by atoms with Crippen LogP contribution in [0.3, 0.4) is 0 Å². The monoisotopic (exact) mass is 495 g/mol. The Morgan fingerprint density at radius 1 is 1.06 bits per heavy atom. The maximum atomic E-state index is 13.6. The number of nitrogens with one attached hydrogen (secondary N) is 1. The predicted octanol–water partition coefficient (Wildman–Crippen LogP) is 3.95. The Balaban J connectivity index is 2.15. The van der Waals surface area contributed by atoms with E-state index in [0.29, 0.717) is 10.4 Å². The number of carbonyl (C=O) groups excluding carboxylic acids is 1. The number of hydrogen-bond donors (Lipinski definition) is 1. The number of carbonyl (C=O) groups is 1. The van der Waals surface area contributed by atoms with E-state index in [1.807, 2.05) is 0 Å². The summed E-state index contributed by atoms with van der Waals surface area (Å²) in [5.41, 5.74) is -1.27. The van der Waals surface area contributed by atoms with Gasteiger partial charge in [-0.1, -0.05) is 12.1 Å². The molecule has 0 aliphatic heterocycles. The molecule has 1 aromatic heterocycles. The number of rotatable bonds is 8. The molecule has 34 heavy (non-hydrogen) atoms. The fourth-order valence-electron chi connectivity index (χ4n) is 3.10. The Bertz CT molecular complexity index is 1270. The van der Waals surface area contributed by atoms with Crippen molar-refractivity contribution in [3.8, 4) is 11.5 Å². The van der Waals surface area contributed by atoms with E-state index in [2.05, 4.69) is 10.3 Å². The normalized spacial score (nSPS) is 11.6. The minimum Gasteiger partial charge on any atom is -0.497 e. The third-order valence-corrected chi connectivity index (χ3v) is 6.47. The molecular weight excluding hydrogens is 475 g/mol. The lowest BCUT2D eigenvalue weighted by atomic mass is 10.2. The van der Waals surface area contributed by atoms with E-state index in [1.165, 1.54) is 56.9 Å². The molecule has 12 heteroatoms. The van der Waals surface area contributed by atoms with E-state index in [4.69, 9.17) is 9.47 Å². The molecule has 0 radical (unpaired) electrons. The number of hydrogen-bond acceptors (Lipinski definition) is 6. The molecule has 0 atom stereocenters. The van der Waals surface area contributed by atoms with E-state index >= 15 is 0 Å². The quantitative estimate of drug-likeness (QED) is 0.508.